The Kier molecular flexibility index (Phi) is 4.71. The average molecular weight is 373 g/mol. The number of aliphatic hydroxyl groups is 1. The van der Waals surface area contributed by atoms with Crippen molar-refractivity contribution < 1.29 is 5.11 Å². The van der Waals surface area contributed by atoms with Crippen molar-refractivity contribution in [2.45, 2.75) is 22.2 Å². The third kappa shape index (κ3) is 2.72. The van der Waals surface area contributed by atoms with Crippen LogP contribution in [0.5, 0.6) is 0 Å². The van der Waals surface area contributed by atoms with Gasteiger partial charge in [0.1, 0.15) is 11.0 Å². The molecule has 1 aliphatic rings. The standard InChI is InChI=1S/C14H11Cl5O/c1-13(20,8-5-3-2-4-6-8)9-7-10(15)14(18,19)12(17)11(9)16/h2-7,12,20H,1H3. The van der Waals surface area contributed by atoms with Gasteiger partial charge in [0.05, 0.1) is 5.03 Å². The molecule has 0 aromatic heterocycles. The zero-order chi connectivity index (χ0) is 15.1. The molecule has 0 fully saturated rings. The number of rotatable bonds is 2. The molecule has 0 radical (unpaired) electrons. The normalized spacial score (nSPS) is 25.1. The highest BCUT2D eigenvalue weighted by atomic mass is 35.5. The van der Waals surface area contributed by atoms with Gasteiger partial charge in [0.2, 0.25) is 0 Å². The van der Waals surface area contributed by atoms with Crippen LogP contribution >= 0.6 is 58.0 Å². The van der Waals surface area contributed by atoms with Crippen LogP contribution in [0.25, 0.3) is 0 Å². The summed E-state index contributed by atoms with van der Waals surface area (Å²) in [6.07, 6.45) is 1.47. The lowest BCUT2D eigenvalue weighted by molar-refractivity contribution is 0.100. The van der Waals surface area contributed by atoms with Gasteiger partial charge in [-0.1, -0.05) is 76.7 Å². The van der Waals surface area contributed by atoms with Gasteiger partial charge in [0.25, 0.3) is 0 Å². The van der Waals surface area contributed by atoms with Crippen molar-refractivity contribution in [3.8, 4) is 0 Å². The molecule has 1 aromatic rings. The molecule has 108 valence electrons. The lowest BCUT2D eigenvalue weighted by Crippen LogP contribution is -2.35. The smallest absolute Gasteiger partial charge is 0.174 e. The van der Waals surface area contributed by atoms with Gasteiger partial charge in [-0.3, -0.25) is 0 Å². The summed E-state index contributed by atoms with van der Waals surface area (Å²) < 4.78 is -1.50. The van der Waals surface area contributed by atoms with Crippen LogP contribution in [0.3, 0.4) is 0 Å². The van der Waals surface area contributed by atoms with Crippen molar-refractivity contribution in [3.63, 3.8) is 0 Å². The first-order chi connectivity index (χ1) is 9.19. The minimum absolute atomic E-state index is 0.122. The molecule has 2 unspecified atom stereocenters. The highest BCUT2D eigenvalue weighted by molar-refractivity contribution is 6.61. The predicted molar refractivity (Wildman–Crippen MR) is 86.9 cm³/mol. The molecule has 1 aromatic carbocycles. The molecular weight excluding hydrogens is 361 g/mol. The van der Waals surface area contributed by atoms with E-state index in [0.717, 1.165) is 0 Å². The number of alkyl halides is 3. The Labute approximate surface area is 142 Å². The van der Waals surface area contributed by atoms with E-state index in [-0.39, 0.29) is 10.1 Å². The summed E-state index contributed by atoms with van der Waals surface area (Å²) in [5, 5.41) is 10.2. The molecule has 2 rings (SSSR count). The third-order valence-electron chi connectivity index (χ3n) is 3.25. The molecule has 0 spiro atoms. The maximum absolute atomic E-state index is 10.8. The Morgan fingerprint density at radius 3 is 2.25 bits per heavy atom. The molecule has 0 saturated heterocycles. The zero-order valence-electron chi connectivity index (χ0n) is 10.4. The summed E-state index contributed by atoms with van der Waals surface area (Å²) >= 11 is 30.6. The van der Waals surface area contributed by atoms with E-state index in [0.29, 0.717) is 11.1 Å². The summed E-state index contributed by atoms with van der Waals surface area (Å²) in [5.74, 6) is 0. The number of hydrogen-bond donors (Lipinski definition) is 1. The fraction of sp³-hybridized carbons (Fsp3) is 0.286. The Hall–Kier alpha value is 0.110. The lowest BCUT2D eigenvalue weighted by Gasteiger charge is -2.35. The van der Waals surface area contributed by atoms with Gasteiger partial charge in [-0.05, 0) is 18.6 Å². The maximum atomic E-state index is 10.8. The monoisotopic (exact) mass is 370 g/mol. The van der Waals surface area contributed by atoms with E-state index < -0.39 is 15.3 Å². The van der Waals surface area contributed by atoms with Crippen molar-refractivity contribution in [1.82, 2.24) is 0 Å². The van der Waals surface area contributed by atoms with Crippen molar-refractivity contribution in [3.05, 3.63) is 57.6 Å². The summed E-state index contributed by atoms with van der Waals surface area (Å²) in [7, 11) is 0. The Balaban J connectivity index is 2.55. The molecule has 0 bridgehead atoms. The van der Waals surface area contributed by atoms with Gasteiger partial charge < -0.3 is 5.11 Å². The molecule has 1 nitrogen and oxygen atoms in total. The molecule has 1 N–H and O–H groups in total. The average Bonchev–Trinajstić information content (AvgIpc) is 2.42. The van der Waals surface area contributed by atoms with Gasteiger partial charge in [0, 0.05) is 10.6 Å². The van der Waals surface area contributed by atoms with Crippen LogP contribution in [0, 0.1) is 0 Å². The van der Waals surface area contributed by atoms with Crippen LogP contribution in [0.4, 0.5) is 0 Å². The number of halogens is 5. The molecular formula is C14H11Cl5O. The predicted octanol–water partition coefficient (Wildman–Crippen LogP) is 5.30. The van der Waals surface area contributed by atoms with E-state index in [4.69, 9.17) is 58.0 Å². The van der Waals surface area contributed by atoms with E-state index in [2.05, 4.69) is 0 Å². The van der Waals surface area contributed by atoms with E-state index in [1.807, 2.05) is 18.2 Å². The highest BCUT2D eigenvalue weighted by Crippen LogP contribution is 2.50. The van der Waals surface area contributed by atoms with Crippen LogP contribution in [-0.2, 0) is 5.60 Å². The SMILES string of the molecule is CC(O)(C1=C(Cl)C(Cl)C(Cl)(Cl)C(Cl)=C1)c1ccccc1. The fourth-order valence-electron chi connectivity index (χ4n) is 2.00. The molecule has 20 heavy (non-hydrogen) atoms. The van der Waals surface area contributed by atoms with Crippen molar-refractivity contribution in [2.24, 2.45) is 0 Å². The summed E-state index contributed by atoms with van der Waals surface area (Å²) in [6.45, 7) is 1.61. The Morgan fingerprint density at radius 2 is 1.70 bits per heavy atom. The topological polar surface area (TPSA) is 20.2 Å². The van der Waals surface area contributed by atoms with Gasteiger partial charge >= 0.3 is 0 Å². The van der Waals surface area contributed by atoms with Crippen LogP contribution in [0.2, 0.25) is 0 Å². The molecule has 0 amide bonds. The lowest BCUT2D eigenvalue weighted by atomic mass is 9.84. The van der Waals surface area contributed by atoms with Crippen molar-refractivity contribution in [2.75, 3.05) is 0 Å². The molecule has 0 heterocycles. The minimum Gasteiger partial charge on any atom is -0.381 e. The van der Waals surface area contributed by atoms with E-state index in [9.17, 15) is 5.11 Å². The first kappa shape index (κ1) is 16.5. The molecule has 0 aliphatic heterocycles. The zero-order valence-corrected chi connectivity index (χ0v) is 14.2. The van der Waals surface area contributed by atoms with E-state index in [1.165, 1.54) is 6.08 Å². The Morgan fingerprint density at radius 1 is 1.15 bits per heavy atom. The molecule has 2 atom stereocenters. The van der Waals surface area contributed by atoms with E-state index >= 15 is 0 Å². The van der Waals surface area contributed by atoms with Gasteiger partial charge in [0.15, 0.2) is 4.33 Å². The first-order valence-electron chi connectivity index (χ1n) is 5.76. The highest BCUT2D eigenvalue weighted by Gasteiger charge is 2.46. The molecule has 0 saturated carbocycles. The second-order valence-electron chi connectivity index (χ2n) is 4.68. The minimum atomic E-state index is -1.50. The second kappa shape index (κ2) is 5.72. The fourth-order valence-corrected chi connectivity index (χ4v) is 3.35. The largest absolute Gasteiger partial charge is 0.381 e. The first-order valence-corrected chi connectivity index (χ1v) is 7.71. The van der Waals surface area contributed by atoms with Crippen molar-refractivity contribution >= 4 is 58.0 Å². The number of allylic oxidation sites excluding steroid dienone is 2. The molecule has 1 aliphatic carbocycles. The second-order valence-corrected chi connectivity index (χ2v) is 7.31. The summed E-state index contributed by atoms with van der Waals surface area (Å²) in [6, 6.07) is 9.05. The van der Waals surface area contributed by atoms with Gasteiger partial charge in [-0.25, -0.2) is 0 Å². The van der Waals surface area contributed by atoms with Gasteiger partial charge in [-0.2, -0.15) is 0 Å². The van der Waals surface area contributed by atoms with E-state index in [1.54, 1.807) is 19.1 Å². The van der Waals surface area contributed by atoms with Crippen molar-refractivity contribution in [1.29, 1.82) is 0 Å². The summed E-state index contributed by atoms with van der Waals surface area (Å²) in [4.78, 5) is 0. The van der Waals surface area contributed by atoms with Gasteiger partial charge in [-0.15, -0.1) is 11.6 Å². The maximum Gasteiger partial charge on any atom is 0.174 e. The van der Waals surface area contributed by atoms with Crippen LogP contribution in [-0.4, -0.2) is 14.8 Å². The van der Waals surface area contributed by atoms with Crippen LogP contribution < -0.4 is 0 Å². The molecule has 6 heteroatoms. The third-order valence-corrected chi connectivity index (χ3v) is 5.99. The van der Waals surface area contributed by atoms with Crippen LogP contribution in [0.15, 0.2) is 52.0 Å². The number of benzene rings is 1. The quantitative estimate of drug-likeness (QED) is 0.698. The Bertz CT molecular complexity index is 574. The summed E-state index contributed by atoms with van der Waals surface area (Å²) in [5.41, 5.74) is -0.308. The van der Waals surface area contributed by atoms with Crippen LogP contribution in [0.1, 0.15) is 12.5 Å². The number of hydrogen-bond acceptors (Lipinski definition) is 1.